The summed E-state index contributed by atoms with van der Waals surface area (Å²) in [5, 5.41) is 1.05. The highest BCUT2D eigenvalue weighted by atomic mass is 32.2. The molecule has 0 N–H and O–H groups in total. The van der Waals surface area contributed by atoms with Gasteiger partial charge >= 0.3 is 0 Å². The van der Waals surface area contributed by atoms with Gasteiger partial charge < -0.3 is 0 Å². The summed E-state index contributed by atoms with van der Waals surface area (Å²) in [4.78, 5) is 20.5. The molecule has 0 aliphatic heterocycles. The first-order valence-corrected chi connectivity index (χ1v) is 9.26. The van der Waals surface area contributed by atoms with Crippen LogP contribution in [0.1, 0.15) is 5.69 Å². The van der Waals surface area contributed by atoms with E-state index in [-0.39, 0.29) is 12.2 Å². The molecule has 0 fully saturated rings. The van der Waals surface area contributed by atoms with Crippen LogP contribution in [-0.2, 0) is 20.9 Å². The Balaban J connectivity index is 2.00. The first-order valence-electron chi connectivity index (χ1n) is 6.63. The largest absolute Gasteiger partial charge is 0.279 e. The summed E-state index contributed by atoms with van der Waals surface area (Å²) >= 11 is 1.35. The predicted molar refractivity (Wildman–Crippen MR) is 88.8 cm³/mol. The maximum absolute atomic E-state index is 12.1. The number of hydrogen-bond acceptors (Lipinski definition) is 7. The van der Waals surface area contributed by atoms with E-state index in [1.807, 2.05) is 12.1 Å². The van der Waals surface area contributed by atoms with E-state index in [0.717, 1.165) is 11.0 Å². The topological polar surface area (TPSA) is 86.2 Å². The molecule has 0 saturated heterocycles. The van der Waals surface area contributed by atoms with E-state index in [4.69, 9.17) is 4.18 Å². The third-order valence-corrected chi connectivity index (χ3v) is 4.59. The van der Waals surface area contributed by atoms with Gasteiger partial charge in [0.1, 0.15) is 11.6 Å². The van der Waals surface area contributed by atoms with Crippen molar-refractivity contribution in [3.8, 4) is 10.7 Å². The van der Waals surface area contributed by atoms with Gasteiger partial charge in [-0.3, -0.25) is 8.98 Å². The molecule has 3 aromatic rings. The van der Waals surface area contributed by atoms with E-state index < -0.39 is 10.1 Å². The molecular formula is C15H12N2O4S2. The molecule has 2 aromatic heterocycles. The van der Waals surface area contributed by atoms with Crippen LogP contribution in [0.5, 0.6) is 0 Å². The monoisotopic (exact) mass is 348 g/mol. The van der Waals surface area contributed by atoms with Crippen LogP contribution in [0.15, 0.2) is 47.3 Å². The van der Waals surface area contributed by atoms with Crippen molar-refractivity contribution in [3.05, 3.63) is 58.5 Å². The average Bonchev–Trinajstić information content (AvgIpc) is 2.53. The smallest absolute Gasteiger partial charge is 0.267 e. The molecule has 23 heavy (non-hydrogen) atoms. The molecule has 118 valence electrons. The molecule has 0 radical (unpaired) electrons. The van der Waals surface area contributed by atoms with Crippen LogP contribution in [0.3, 0.4) is 0 Å². The van der Waals surface area contributed by atoms with Crippen molar-refractivity contribution in [1.82, 2.24) is 9.97 Å². The molecule has 0 aliphatic rings. The summed E-state index contributed by atoms with van der Waals surface area (Å²) in [6, 6.07) is 12.3. The number of benzene rings is 1. The van der Waals surface area contributed by atoms with Gasteiger partial charge in [0.05, 0.1) is 23.0 Å². The maximum atomic E-state index is 12.1. The number of rotatable bonds is 4. The Morgan fingerprint density at radius 3 is 2.65 bits per heavy atom. The minimum Gasteiger partial charge on any atom is -0.267 e. The first kappa shape index (κ1) is 15.7. The minimum absolute atomic E-state index is 0.158. The molecule has 0 saturated carbocycles. The fourth-order valence-electron chi connectivity index (χ4n) is 1.97. The zero-order chi connectivity index (χ0) is 16.4. The predicted octanol–water partition coefficient (Wildman–Crippen LogP) is 2.19. The molecule has 0 bridgehead atoms. The molecule has 3 rings (SSSR count). The molecule has 1 aromatic carbocycles. The second-order valence-electron chi connectivity index (χ2n) is 4.80. The molecule has 0 atom stereocenters. The fraction of sp³-hybridized carbons (Fsp3) is 0.133. The Morgan fingerprint density at radius 1 is 1.09 bits per heavy atom. The number of pyridine rings is 1. The normalized spacial score (nSPS) is 11.7. The summed E-state index contributed by atoms with van der Waals surface area (Å²) in [5.41, 5.74) is 0.643. The van der Waals surface area contributed by atoms with Crippen molar-refractivity contribution in [2.45, 2.75) is 6.61 Å². The molecule has 0 spiro atoms. The van der Waals surface area contributed by atoms with Crippen molar-refractivity contribution < 1.29 is 12.6 Å². The quantitative estimate of drug-likeness (QED) is 0.672. The molecule has 2 heterocycles. The summed E-state index contributed by atoms with van der Waals surface area (Å²) in [5.74, 6) is 0. The Hall–Kier alpha value is -2.16. The highest BCUT2D eigenvalue weighted by molar-refractivity contribution is 7.85. The van der Waals surface area contributed by atoms with Crippen LogP contribution in [0, 0.1) is 0 Å². The van der Waals surface area contributed by atoms with Gasteiger partial charge in [-0.1, -0.05) is 18.2 Å². The van der Waals surface area contributed by atoms with Gasteiger partial charge in [0.2, 0.25) is 0 Å². The van der Waals surface area contributed by atoms with E-state index in [1.54, 1.807) is 30.3 Å². The minimum atomic E-state index is -3.54. The van der Waals surface area contributed by atoms with E-state index in [1.165, 1.54) is 11.3 Å². The van der Waals surface area contributed by atoms with Crippen LogP contribution < -0.4 is 5.56 Å². The number of aromatic nitrogens is 2. The van der Waals surface area contributed by atoms with Crippen LogP contribution in [0.25, 0.3) is 20.8 Å². The Kier molecular flexibility index (Phi) is 4.20. The van der Waals surface area contributed by atoms with Crippen LogP contribution in [-0.4, -0.2) is 24.6 Å². The fourth-order valence-corrected chi connectivity index (χ4v) is 3.27. The first-order chi connectivity index (χ1) is 10.9. The number of hydrogen-bond donors (Lipinski definition) is 0. The van der Waals surface area contributed by atoms with Crippen LogP contribution in [0.2, 0.25) is 0 Å². The number of nitrogens with zero attached hydrogens (tertiary/aromatic N) is 2. The van der Waals surface area contributed by atoms with Crippen molar-refractivity contribution in [3.63, 3.8) is 0 Å². The third-order valence-electron chi connectivity index (χ3n) is 2.97. The molecule has 0 aliphatic carbocycles. The zero-order valence-corrected chi connectivity index (χ0v) is 13.7. The Morgan fingerprint density at radius 2 is 1.87 bits per heavy atom. The van der Waals surface area contributed by atoms with Gasteiger partial charge in [-0.05, 0) is 24.3 Å². The summed E-state index contributed by atoms with van der Waals surface area (Å²) in [6.45, 7) is -0.158. The van der Waals surface area contributed by atoms with Gasteiger partial charge in [-0.15, -0.1) is 11.3 Å². The second-order valence-corrected chi connectivity index (χ2v) is 7.48. The van der Waals surface area contributed by atoms with Crippen molar-refractivity contribution in [2.75, 3.05) is 6.26 Å². The van der Waals surface area contributed by atoms with Gasteiger partial charge in [0.25, 0.3) is 15.7 Å². The van der Waals surface area contributed by atoms with Gasteiger partial charge in [0.15, 0.2) is 0 Å². The lowest BCUT2D eigenvalue weighted by molar-refractivity contribution is 0.307. The lowest BCUT2D eigenvalue weighted by atomic mass is 10.3. The van der Waals surface area contributed by atoms with E-state index in [2.05, 4.69) is 9.97 Å². The Labute approximate surface area is 136 Å². The van der Waals surface area contributed by atoms with Gasteiger partial charge in [-0.2, -0.15) is 13.4 Å². The van der Waals surface area contributed by atoms with E-state index in [9.17, 15) is 13.2 Å². The lowest BCUT2D eigenvalue weighted by Crippen LogP contribution is -2.07. The van der Waals surface area contributed by atoms with E-state index >= 15 is 0 Å². The second kappa shape index (κ2) is 6.15. The zero-order valence-electron chi connectivity index (χ0n) is 12.1. The third kappa shape index (κ3) is 3.79. The van der Waals surface area contributed by atoms with Crippen molar-refractivity contribution >= 4 is 31.5 Å². The lowest BCUT2D eigenvalue weighted by Gasteiger charge is -2.04. The highest BCUT2D eigenvalue weighted by Gasteiger charge is 2.09. The summed E-state index contributed by atoms with van der Waals surface area (Å²) in [7, 11) is -3.54. The van der Waals surface area contributed by atoms with Crippen molar-refractivity contribution in [1.29, 1.82) is 0 Å². The van der Waals surface area contributed by atoms with Crippen LogP contribution >= 0.6 is 11.3 Å². The van der Waals surface area contributed by atoms with Crippen molar-refractivity contribution in [2.24, 2.45) is 0 Å². The summed E-state index contributed by atoms with van der Waals surface area (Å²) < 4.78 is 27.7. The Bertz CT molecular complexity index is 1030. The standard InChI is InChI=1S/C15H12N2O4S2/c1-23(19,20)21-9-10-5-4-7-12(16-10)15-17-14(18)11-6-2-3-8-13(11)22-15/h2-8H,9H2,1H3. The summed E-state index contributed by atoms with van der Waals surface area (Å²) in [6.07, 6.45) is 0.980. The molecule has 0 amide bonds. The average molecular weight is 348 g/mol. The molecule has 8 heteroatoms. The van der Waals surface area contributed by atoms with Gasteiger partial charge in [0, 0.05) is 4.70 Å². The van der Waals surface area contributed by atoms with E-state index in [0.29, 0.717) is 21.8 Å². The molecule has 0 unspecified atom stereocenters. The molecule has 6 nitrogen and oxygen atoms in total. The molecular weight excluding hydrogens is 336 g/mol. The SMILES string of the molecule is CS(=O)(=O)OCc1cccc(-c2nc(=O)c3ccccc3s2)n1. The maximum Gasteiger partial charge on any atom is 0.279 e. The number of fused-ring (bicyclic) bond motifs is 1. The van der Waals surface area contributed by atoms with Crippen LogP contribution in [0.4, 0.5) is 0 Å². The van der Waals surface area contributed by atoms with Gasteiger partial charge in [-0.25, -0.2) is 4.98 Å². The highest BCUT2D eigenvalue weighted by Crippen LogP contribution is 2.24.